The molecule has 0 spiro atoms. The fraction of sp³-hybridized carbons (Fsp3) is 0.500. The molecule has 1 aliphatic carbocycles. The summed E-state index contributed by atoms with van der Waals surface area (Å²) < 4.78 is 62.5. The number of amides is 1. The third-order valence-electron chi connectivity index (χ3n) is 4.53. The molecule has 1 saturated carbocycles. The maximum Gasteiger partial charge on any atom is 0.391 e. The van der Waals surface area contributed by atoms with Crippen LogP contribution in [0.5, 0.6) is 0 Å². The molecule has 1 N–H and O–H groups in total. The van der Waals surface area contributed by atoms with Crippen LogP contribution in [-0.4, -0.2) is 31.7 Å². The molecular weight excluding hydrogens is 389 g/mol. The Morgan fingerprint density at radius 3 is 2.69 bits per heavy atom. The molecule has 2 aromatic rings. The number of halogens is 3. The molecule has 0 saturated heterocycles. The fourth-order valence-corrected chi connectivity index (χ4v) is 4.75. The first-order valence-corrected chi connectivity index (χ1v) is 10.7. The molecule has 1 amide bonds. The Hall–Kier alpha value is -1.68. The molecule has 142 valence electrons. The number of sulfone groups is 1. The number of rotatable bonds is 3. The molecule has 0 aliphatic heterocycles. The summed E-state index contributed by atoms with van der Waals surface area (Å²) in [5.74, 6) is -2.62. The number of carbonyl (C=O) groups excluding carboxylic acids is 1. The van der Waals surface area contributed by atoms with Crippen molar-refractivity contribution < 1.29 is 26.4 Å². The van der Waals surface area contributed by atoms with Gasteiger partial charge in [-0.3, -0.25) is 4.79 Å². The number of fused-ring (bicyclic) bond motifs is 1. The summed E-state index contributed by atoms with van der Waals surface area (Å²) in [5.41, 5.74) is 0.523. The van der Waals surface area contributed by atoms with Crippen LogP contribution in [-0.2, 0) is 14.6 Å². The Morgan fingerprint density at radius 2 is 2.04 bits per heavy atom. The summed E-state index contributed by atoms with van der Waals surface area (Å²) in [6, 6.07) is 4.44. The van der Waals surface area contributed by atoms with Gasteiger partial charge in [-0.05, 0) is 37.5 Å². The zero-order chi connectivity index (χ0) is 19.1. The smallest absolute Gasteiger partial charge is 0.302 e. The average molecular weight is 406 g/mol. The highest BCUT2D eigenvalue weighted by Crippen LogP contribution is 2.40. The van der Waals surface area contributed by atoms with Gasteiger partial charge in [-0.25, -0.2) is 13.4 Å². The molecule has 2 atom stereocenters. The normalized spacial score (nSPS) is 21.7. The van der Waals surface area contributed by atoms with E-state index in [9.17, 15) is 26.4 Å². The van der Waals surface area contributed by atoms with Gasteiger partial charge in [0.25, 0.3) is 0 Å². The van der Waals surface area contributed by atoms with Gasteiger partial charge in [-0.15, -0.1) is 0 Å². The lowest BCUT2D eigenvalue weighted by molar-refractivity contribution is -0.185. The quantitative estimate of drug-likeness (QED) is 0.836. The van der Waals surface area contributed by atoms with Crippen molar-refractivity contribution in [2.45, 2.75) is 36.8 Å². The molecule has 3 rings (SSSR count). The van der Waals surface area contributed by atoms with Crippen molar-refractivity contribution in [3.05, 3.63) is 18.2 Å². The predicted molar refractivity (Wildman–Crippen MR) is 92.9 cm³/mol. The summed E-state index contributed by atoms with van der Waals surface area (Å²) >= 11 is 1.10. The van der Waals surface area contributed by atoms with Crippen molar-refractivity contribution >= 4 is 42.4 Å². The number of hydrogen-bond acceptors (Lipinski definition) is 5. The Morgan fingerprint density at radius 1 is 1.31 bits per heavy atom. The number of carbonyl (C=O) groups is 1. The molecule has 1 aliphatic rings. The van der Waals surface area contributed by atoms with Gasteiger partial charge < -0.3 is 5.32 Å². The molecule has 0 unspecified atom stereocenters. The van der Waals surface area contributed by atoms with Crippen molar-refractivity contribution in [2.75, 3.05) is 11.6 Å². The van der Waals surface area contributed by atoms with Gasteiger partial charge in [0, 0.05) is 12.2 Å². The highest BCUT2D eigenvalue weighted by Gasteiger charge is 2.43. The Kier molecular flexibility index (Phi) is 5.00. The van der Waals surface area contributed by atoms with E-state index in [1.165, 1.54) is 18.2 Å². The maximum absolute atomic E-state index is 12.9. The van der Waals surface area contributed by atoms with Crippen molar-refractivity contribution in [3.8, 4) is 0 Å². The van der Waals surface area contributed by atoms with Crippen molar-refractivity contribution in [3.63, 3.8) is 0 Å². The Labute approximate surface area is 152 Å². The van der Waals surface area contributed by atoms with E-state index in [1.807, 2.05) is 0 Å². The number of aromatic nitrogens is 1. The number of benzene rings is 1. The van der Waals surface area contributed by atoms with Gasteiger partial charge in [0.15, 0.2) is 15.0 Å². The van der Waals surface area contributed by atoms with Gasteiger partial charge in [0.2, 0.25) is 5.91 Å². The number of nitrogens with one attached hydrogen (secondary N) is 1. The van der Waals surface area contributed by atoms with E-state index >= 15 is 0 Å². The summed E-state index contributed by atoms with van der Waals surface area (Å²) in [5, 5.41) is 2.84. The van der Waals surface area contributed by atoms with Crippen LogP contribution in [0.25, 0.3) is 10.2 Å². The largest absolute Gasteiger partial charge is 0.391 e. The number of anilines is 1. The van der Waals surface area contributed by atoms with E-state index < -0.39 is 33.8 Å². The standard InChI is InChI=1S/C16H17F3N2O3S2/c1-26(23,24)11-5-6-12-13(8-11)25-15(20-12)21-14(22)9-3-2-4-10(7-9)16(17,18)19/h5-6,8-10H,2-4,7H2,1H3,(H,20,21,22)/t9-,10-/m0/s1. The third kappa shape index (κ3) is 4.17. The minimum atomic E-state index is -4.28. The zero-order valence-corrected chi connectivity index (χ0v) is 15.5. The lowest BCUT2D eigenvalue weighted by Crippen LogP contribution is -2.34. The van der Waals surface area contributed by atoms with Gasteiger partial charge in [-0.1, -0.05) is 17.8 Å². The van der Waals surface area contributed by atoms with Crippen LogP contribution in [0.15, 0.2) is 23.1 Å². The number of nitrogens with zero attached hydrogens (tertiary/aromatic N) is 1. The van der Waals surface area contributed by atoms with E-state index in [2.05, 4.69) is 10.3 Å². The predicted octanol–water partition coefficient (Wildman–Crippen LogP) is 4.01. The molecule has 1 fully saturated rings. The van der Waals surface area contributed by atoms with Crippen molar-refractivity contribution in [1.82, 2.24) is 4.98 Å². The highest BCUT2D eigenvalue weighted by atomic mass is 32.2. The second-order valence-corrected chi connectivity index (χ2v) is 9.56. The third-order valence-corrected chi connectivity index (χ3v) is 6.57. The first kappa shape index (κ1) is 19.1. The van der Waals surface area contributed by atoms with E-state index in [0.29, 0.717) is 23.1 Å². The van der Waals surface area contributed by atoms with Crippen LogP contribution in [0, 0.1) is 11.8 Å². The van der Waals surface area contributed by atoms with Crippen molar-refractivity contribution in [1.29, 1.82) is 0 Å². The summed E-state index contributed by atoms with van der Waals surface area (Å²) in [7, 11) is -3.36. The minimum Gasteiger partial charge on any atom is -0.302 e. The zero-order valence-electron chi connectivity index (χ0n) is 13.8. The molecule has 0 bridgehead atoms. The van der Waals surface area contributed by atoms with Gasteiger partial charge in [0.05, 0.1) is 21.0 Å². The highest BCUT2D eigenvalue weighted by molar-refractivity contribution is 7.90. The van der Waals surface area contributed by atoms with Gasteiger partial charge in [-0.2, -0.15) is 13.2 Å². The molecule has 5 nitrogen and oxygen atoms in total. The lowest BCUT2D eigenvalue weighted by atomic mass is 9.80. The summed E-state index contributed by atoms with van der Waals surface area (Å²) in [6.07, 6.45) is -2.56. The van der Waals surface area contributed by atoms with Gasteiger partial charge in [0.1, 0.15) is 0 Å². The molecule has 1 aromatic heterocycles. The number of thiazole rings is 1. The Bertz CT molecular complexity index is 938. The minimum absolute atomic E-state index is 0.0582. The van der Waals surface area contributed by atoms with Crippen LogP contribution in [0.2, 0.25) is 0 Å². The monoisotopic (exact) mass is 406 g/mol. The second-order valence-electron chi connectivity index (χ2n) is 6.51. The van der Waals surface area contributed by atoms with E-state index in [1.54, 1.807) is 0 Å². The van der Waals surface area contributed by atoms with Crippen LogP contribution < -0.4 is 5.32 Å². The van der Waals surface area contributed by atoms with Gasteiger partial charge >= 0.3 is 6.18 Å². The van der Waals surface area contributed by atoms with Crippen LogP contribution >= 0.6 is 11.3 Å². The lowest BCUT2D eigenvalue weighted by Gasteiger charge is -2.29. The Balaban J connectivity index is 1.75. The maximum atomic E-state index is 12.9. The molecule has 1 aromatic carbocycles. The van der Waals surface area contributed by atoms with Crippen LogP contribution in [0.1, 0.15) is 25.7 Å². The fourth-order valence-electron chi connectivity index (χ4n) is 3.12. The van der Waals surface area contributed by atoms with Crippen LogP contribution in [0.4, 0.5) is 18.3 Å². The van der Waals surface area contributed by atoms with Crippen LogP contribution in [0.3, 0.4) is 0 Å². The molecule has 0 radical (unpaired) electrons. The molecule has 26 heavy (non-hydrogen) atoms. The van der Waals surface area contributed by atoms with E-state index in [4.69, 9.17) is 0 Å². The number of alkyl halides is 3. The second kappa shape index (κ2) is 6.80. The first-order valence-electron chi connectivity index (χ1n) is 8.02. The SMILES string of the molecule is CS(=O)(=O)c1ccc2nc(NC(=O)[C@H]3CCC[C@H](C(F)(F)F)C3)sc2c1. The summed E-state index contributed by atoms with van der Waals surface area (Å²) in [4.78, 5) is 16.7. The molecule has 1 heterocycles. The average Bonchev–Trinajstić information content (AvgIpc) is 2.94. The van der Waals surface area contributed by atoms with Crippen molar-refractivity contribution in [2.24, 2.45) is 11.8 Å². The topological polar surface area (TPSA) is 76.1 Å². The first-order chi connectivity index (χ1) is 12.0. The molecule has 10 heteroatoms. The van der Waals surface area contributed by atoms with E-state index in [0.717, 1.165) is 17.6 Å². The van der Waals surface area contributed by atoms with E-state index in [-0.39, 0.29) is 22.9 Å². The summed E-state index contributed by atoms with van der Waals surface area (Å²) in [6.45, 7) is 0. The number of hydrogen-bond donors (Lipinski definition) is 1. The molecular formula is C16H17F3N2O3S2.